The summed E-state index contributed by atoms with van der Waals surface area (Å²) in [6, 6.07) is 49.6. The Morgan fingerprint density at radius 3 is 1.83 bits per heavy atom. The molecule has 3 aromatic heterocycles. The van der Waals surface area contributed by atoms with E-state index in [-0.39, 0.29) is 0 Å². The van der Waals surface area contributed by atoms with Crippen molar-refractivity contribution in [1.82, 2.24) is 15.0 Å². The van der Waals surface area contributed by atoms with E-state index in [0.717, 1.165) is 27.5 Å². The van der Waals surface area contributed by atoms with Gasteiger partial charge in [0, 0.05) is 62.4 Å². The predicted molar refractivity (Wildman–Crippen MR) is 197 cm³/mol. The Bertz CT molecular complexity index is 2830. The Kier molecular flexibility index (Phi) is 5.61. The van der Waals surface area contributed by atoms with Crippen LogP contribution in [0.5, 0.6) is 0 Å². The SMILES string of the molecule is c1ccc2c(c1)ccc1cccc(-c3nc(-c4ccc5c(c4)sc4ccccc45)nc(-c4cccc5c4sc4ccccc45)n3)c12. The van der Waals surface area contributed by atoms with E-state index < -0.39 is 0 Å². The summed E-state index contributed by atoms with van der Waals surface area (Å²) in [6.07, 6.45) is 0. The Morgan fingerprint density at radius 2 is 0.957 bits per heavy atom. The third kappa shape index (κ3) is 3.92. The van der Waals surface area contributed by atoms with Crippen molar-refractivity contribution in [2.45, 2.75) is 0 Å². The lowest BCUT2D eigenvalue weighted by molar-refractivity contribution is 1.08. The molecule has 10 aromatic rings. The van der Waals surface area contributed by atoms with E-state index in [1.807, 2.05) is 11.3 Å². The van der Waals surface area contributed by atoms with Crippen molar-refractivity contribution in [1.29, 1.82) is 0 Å². The molecule has 0 aliphatic rings. The highest BCUT2D eigenvalue weighted by Crippen LogP contribution is 2.41. The molecule has 0 N–H and O–H groups in total. The maximum atomic E-state index is 5.26. The Labute approximate surface area is 272 Å². The van der Waals surface area contributed by atoms with Gasteiger partial charge in [-0.15, -0.1) is 22.7 Å². The quantitative estimate of drug-likeness (QED) is 0.184. The number of rotatable bonds is 3. The van der Waals surface area contributed by atoms with Crippen LogP contribution in [0, 0.1) is 0 Å². The number of fused-ring (bicyclic) bond motifs is 9. The van der Waals surface area contributed by atoms with Gasteiger partial charge in [0.15, 0.2) is 17.5 Å². The second-order valence-corrected chi connectivity index (χ2v) is 13.7. The fourth-order valence-corrected chi connectivity index (χ4v) is 9.14. The summed E-state index contributed by atoms with van der Waals surface area (Å²) < 4.78 is 4.96. The highest BCUT2D eigenvalue weighted by Gasteiger charge is 2.19. The minimum Gasteiger partial charge on any atom is -0.208 e. The molecule has 3 heterocycles. The van der Waals surface area contributed by atoms with E-state index in [4.69, 9.17) is 15.0 Å². The monoisotopic (exact) mass is 621 g/mol. The molecule has 0 saturated heterocycles. The topological polar surface area (TPSA) is 38.7 Å². The summed E-state index contributed by atoms with van der Waals surface area (Å²) in [5, 5.41) is 9.74. The van der Waals surface area contributed by atoms with Crippen LogP contribution in [-0.2, 0) is 0 Å². The van der Waals surface area contributed by atoms with Crippen molar-refractivity contribution in [2.75, 3.05) is 0 Å². The zero-order valence-electron chi connectivity index (χ0n) is 24.4. The standard InChI is InChI=1S/C41H23N3S2/c1-2-11-27-24(9-1)19-20-25-10-7-15-32(37(25)27)40-42-39(26-21-22-30-28-12-3-5-17-34(28)45-36(30)23-26)43-41(44-40)33-16-8-14-31-29-13-4-6-18-35(29)46-38(31)33/h1-23H. The predicted octanol–water partition coefficient (Wildman–Crippen LogP) is 11.9. The minimum atomic E-state index is 0.676. The highest BCUT2D eigenvalue weighted by atomic mass is 32.1. The van der Waals surface area contributed by atoms with Crippen LogP contribution in [0.25, 0.3) is 96.1 Å². The van der Waals surface area contributed by atoms with Crippen molar-refractivity contribution in [3.05, 3.63) is 140 Å². The van der Waals surface area contributed by atoms with Crippen molar-refractivity contribution in [3.8, 4) is 34.2 Å². The molecule has 0 atom stereocenters. The summed E-state index contributed by atoms with van der Waals surface area (Å²) in [7, 11) is 0. The molecule has 214 valence electrons. The van der Waals surface area contributed by atoms with Crippen LogP contribution in [0.2, 0.25) is 0 Å². The molecular weight excluding hydrogens is 599 g/mol. The molecular formula is C41H23N3S2. The Balaban J connectivity index is 1.27. The van der Waals surface area contributed by atoms with Gasteiger partial charge in [-0.25, -0.2) is 15.0 Å². The highest BCUT2D eigenvalue weighted by molar-refractivity contribution is 7.26. The molecule has 0 aliphatic carbocycles. The lowest BCUT2D eigenvalue weighted by Crippen LogP contribution is -2.00. The summed E-state index contributed by atoms with van der Waals surface area (Å²) in [4.78, 5) is 15.7. The van der Waals surface area contributed by atoms with Gasteiger partial charge in [-0.2, -0.15) is 0 Å². The van der Waals surface area contributed by atoms with Gasteiger partial charge in [0.1, 0.15) is 0 Å². The molecule has 0 spiro atoms. The number of thiophene rings is 2. The number of benzene rings is 7. The summed E-state index contributed by atoms with van der Waals surface area (Å²) in [6.45, 7) is 0. The van der Waals surface area contributed by atoms with E-state index in [9.17, 15) is 0 Å². The smallest absolute Gasteiger partial charge is 0.165 e. The maximum Gasteiger partial charge on any atom is 0.165 e. The average molecular weight is 622 g/mol. The largest absolute Gasteiger partial charge is 0.208 e. The van der Waals surface area contributed by atoms with Crippen LogP contribution < -0.4 is 0 Å². The molecule has 0 bridgehead atoms. The molecule has 46 heavy (non-hydrogen) atoms. The third-order valence-electron chi connectivity index (χ3n) is 8.93. The minimum absolute atomic E-state index is 0.676. The fraction of sp³-hybridized carbons (Fsp3) is 0. The lowest BCUT2D eigenvalue weighted by Gasteiger charge is -2.12. The Morgan fingerprint density at radius 1 is 0.370 bits per heavy atom. The van der Waals surface area contributed by atoms with Crippen LogP contribution in [0.1, 0.15) is 0 Å². The van der Waals surface area contributed by atoms with Crippen molar-refractivity contribution in [3.63, 3.8) is 0 Å². The fourth-order valence-electron chi connectivity index (χ4n) is 6.78. The molecule has 0 aliphatic heterocycles. The second kappa shape index (κ2) is 10.0. The first kappa shape index (κ1) is 25.8. The first-order chi connectivity index (χ1) is 22.8. The second-order valence-electron chi connectivity index (χ2n) is 11.6. The van der Waals surface area contributed by atoms with Gasteiger partial charge in [-0.3, -0.25) is 0 Å². The van der Waals surface area contributed by atoms with Crippen LogP contribution in [0.4, 0.5) is 0 Å². The van der Waals surface area contributed by atoms with E-state index in [2.05, 4.69) is 140 Å². The van der Waals surface area contributed by atoms with Gasteiger partial charge >= 0.3 is 0 Å². The summed E-state index contributed by atoms with van der Waals surface area (Å²) in [5.41, 5.74) is 3.01. The molecule has 7 aromatic carbocycles. The summed E-state index contributed by atoms with van der Waals surface area (Å²) in [5.74, 6) is 2.04. The van der Waals surface area contributed by atoms with Crippen molar-refractivity contribution < 1.29 is 0 Å². The molecule has 10 rings (SSSR count). The van der Waals surface area contributed by atoms with Crippen LogP contribution in [0.15, 0.2) is 140 Å². The van der Waals surface area contributed by atoms with Gasteiger partial charge in [0.2, 0.25) is 0 Å². The average Bonchev–Trinajstić information content (AvgIpc) is 3.69. The molecule has 0 amide bonds. The zero-order chi connectivity index (χ0) is 30.2. The maximum absolute atomic E-state index is 5.26. The summed E-state index contributed by atoms with van der Waals surface area (Å²) >= 11 is 3.61. The number of hydrogen-bond acceptors (Lipinski definition) is 5. The van der Waals surface area contributed by atoms with Crippen molar-refractivity contribution in [2.24, 2.45) is 0 Å². The molecule has 3 nitrogen and oxygen atoms in total. The first-order valence-corrected chi connectivity index (χ1v) is 16.9. The number of nitrogens with zero attached hydrogens (tertiary/aromatic N) is 3. The Hall–Kier alpha value is -5.49. The molecule has 0 saturated carbocycles. The van der Waals surface area contributed by atoms with Gasteiger partial charge in [0.25, 0.3) is 0 Å². The van der Waals surface area contributed by atoms with Gasteiger partial charge in [-0.05, 0) is 40.4 Å². The van der Waals surface area contributed by atoms with E-state index in [1.54, 1.807) is 11.3 Å². The molecule has 0 unspecified atom stereocenters. The molecule has 0 radical (unpaired) electrons. The van der Waals surface area contributed by atoms with E-state index in [1.165, 1.54) is 51.1 Å². The third-order valence-corrected chi connectivity index (χ3v) is 11.3. The number of hydrogen-bond donors (Lipinski definition) is 0. The molecule has 5 heteroatoms. The van der Waals surface area contributed by atoms with Crippen LogP contribution in [-0.4, -0.2) is 15.0 Å². The van der Waals surface area contributed by atoms with Crippen LogP contribution >= 0.6 is 22.7 Å². The van der Waals surface area contributed by atoms with Crippen molar-refractivity contribution >= 4 is 84.6 Å². The molecule has 0 fully saturated rings. The van der Waals surface area contributed by atoms with Gasteiger partial charge in [0.05, 0.1) is 0 Å². The van der Waals surface area contributed by atoms with Crippen LogP contribution in [0.3, 0.4) is 0 Å². The first-order valence-electron chi connectivity index (χ1n) is 15.3. The van der Waals surface area contributed by atoms with Gasteiger partial charge < -0.3 is 0 Å². The van der Waals surface area contributed by atoms with E-state index >= 15 is 0 Å². The normalized spacial score (nSPS) is 11.9. The van der Waals surface area contributed by atoms with Gasteiger partial charge in [-0.1, -0.05) is 115 Å². The van der Waals surface area contributed by atoms with E-state index in [0.29, 0.717) is 17.5 Å². The number of aromatic nitrogens is 3. The lowest BCUT2D eigenvalue weighted by atomic mass is 9.97. The zero-order valence-corrected chi connectivity index (χ0v) is 26.1.